The average molecular weight is 795 g/mol. The summed E-state index contributed by atoms with van der Waals surface area (Å²) < 4.78 is 34.4. The highest BCUT2D eigenvalue weighted by Crippen LogP contribution is 2.40. The Morgan fingerprint density at radius 2 is 0.966 bits per heavy atom. The summed E-state index contributed by atoms with van der Waals surface area (Å²) in [5.41, 5.74) is 5.05. The van der Waals surface area contributed by atoms with Gasteiger partial charge < -0.3 is 9.84 Å². The summed E-state index contributed by atoms with van der Waals surface area (Å²) in [6.45, 7) is 7.40. The fraction of sp³-hybridized carbons (Fsp3) is 0.577. The molecule has 1 N–H and O–H groups in total. The predicted molar refractivity (Wildman–Crippen MR) is 237 cm³/mol. The zero-order chi connectivity index (χ0) is 41.0. The summed E-state index contributed by atoms with van der Waals surface area (Å²) in [5.74, 6) is 2.71. The van der Waals surface area contributed by atoms with Crippen LogP contribution >= 0.6 is 0 Å². The normalized spacial score (nSPS) is 19.3. The van der Waals surface area contributed by atoms with Crippen molar-refractivity contribution < 1.29 is 18.6 Å². The Morgan fingerprint density at radius 3 is 1.43 bits per heavy atom. The largest absolute Gasteiger partial charge is 0.506 e. The number of pyridine rings is 2. The van der Waals surface area contributed by atoms with Gasteiger partial charge in [-0.3, -0.25) is 0 Å². The second-order valence-corrected chi connectivity index (χ2v) is 17.3. The molecule has 6 rings (SSSR count). The Balaban J connectivity index is 0.000000229. The quantitative estimate of drug-likeness (QED) is 0.0906. The maximum atomic E-state index is 14.7. The van der Waals surface area contributed by atoms with Gasteiger partial charge in [-0.05, 0) is 92.6 Å². The topological polar surface area (TPSA) is 55.2 Å². The second kappa shape index (κ2) is 25.0. The maximum absolute atomic E-state index is 14.7. The number of nitrogens with zero attached hydrogens (tertiary/aromatic N) is 2. The zero-order valence-corrected chi connectivity index (χ0v) is 36.0. The molecule has 2 aliphatic carbocycles. The molecule has 6 heteroatoms. The van der Waals surface area contributed by atoms with Crippen molar-refractivity contribution in [3.63, 3.8) is 0 Å². The predicted octanol–water partition coefficient (Wildman–Crippen LogP) is 15.9. The molecule has 4 nitrogen and oxygen atoms in total. The van der Waals surface area contributed by atoms with Gasteiger partial charge in [0.05, 0.1) is 19.0 Å². The van der Waals surface area contributed by atoms with Crippen LogP contribution in [-0.4, -0.2) is 21.7 Å². The molecule has 2 aromatic heterocycles. The molecule has 2 heterocycles. The Morgan fingerprint density at radius 1 is 0.534 bits per heavy atom. The Kier molecular flexibility index (Phi) is 19.5. The van der Waals surface area contributed by atoms with Gasteiger partial charge in [-0.25, -0.2) is 18.7 Å². The van der Waals surface area contributed by atoms with Crippen molar-refractivity contribution in [3.05, 3.63) is 95.8 Å². The van der Waals surface area contributed by atoms with Gasteiger partial charge in [0.15, 0.2) is 11.6 Å². The lowest BCUT2D eigenvalue weighted by Crippen LogP contribution is -2.13. The lowest BCUT2D eigenvalue weighted by Gasteiger charge is -2.29. The number of unbranched alkanes of at least 4 members (excludes halogenated alkanes) is 9. The van der Waals surface area contributed by atoms with Crippen LogP contribution in [0.1, 0.15) is 185 Å². The fourth-order valence-corrected chi connectivity index (χ4v) is 9.19. The van der Waals surface area contributed by atoms with Gasteiger partial charge in [0.25, 0.3) is 0 Å². The lowest BCUT2D eigenvalue weighted by atomic mass is 9.77. The number of hydrogen-bond acceptors (Lipinski definition) is 4. The van der Waals surface area contributed by atoms with E-state index in [0.29, 0.717) is 35.6 Å². The molecule has 58 heavy (non-hydrogen) atoms. The van der Waals surface area contributed by atoms with Crippen LogP contribution in [0, 0.1) is 23.5 Å². The molecule has 0 unspecified atom stereocenters. The summed E-state index contributed by atoms with van der Waals surface area (Å²) in [5, 5.41) is 9.29. The minimum absolute atomic E-state index is 0.145. The van der Waals surface area contributed by atoms with E-state index in [1.165, 1.54) is 158 Å². The molecule has 2 aliphatic rings. The van der Waals surface area contributed by atoms with E-state index < -0.39 is 5.82 Å². The first-order valence-corrected chi connectivity index (χ1v) is 23.2. The van der Waals surface area contributed by atoms with Crippen molar-refractivity contribution in [3.8, 4) is 34.0 Å². The molecule has 0 saturated heterocycles. The first-order valence-electron chi connectivity index (χ1n) is 23.2. The van der Waals surface area contributed by atoms with Crippen LogP contribution in [0.5, 0.6) is 11.5 Å². The smallest absolute Gasteiger partial charge is 0.153 e. The van der Waals surface area contributed by atoms with E-state index in [1.54, 1.807) is 6.20 Å². The summed E-state index contributed by atoms with van der Waals surface area (Å²) in [7, 11) is 0. The molecule has 4 aromatic rings. The van der Waals surface area contributed by atoms with E-state index in [1.807, 2.05) is 24.3 Å². The summed E-state index contributed by atoms with van der Waals surface area (Å²) in [6, 6.07) is 19.1. The molecule has 2 saturated carbocycles. The SMILES string of the molecule is CCCCCC1CCC(c2ccc(-c3ncc(O)cc3F)cc2)CC1.CCCCCCCCOc1cnc(-c2ccc(C3CCC(CCCCC)CC3)cc2)c(F)c1. The minimum atomic E-state index is -0.486. The number of hydrogen-bond donors (Lipinski definition) is 1. The van der Waals surface area contributed by atoms with Crippen molar-refractivity contribution in [1.82, 2.24) is 9.97 Å². The number of rotatable bonds is 20. The van der Waals surface area contributed by atoms with Gasteiger partial charge in [-0.15, -0.1) is 0 Å². The van der Waals surface area contributed by atoms with E-state index in [0.717, 1.165) is 35.4 Å². The first kappa shape index (κ1) is 45.3. The molecule has 0 atom stereocenters. The van der Waals surface area contributed by atoms with E-state index >= 15 is 0 Å². The molecule has 0 aliphatic heterocycles. The van der Waals surface area contributed by atoms with Gasteiger partial charge in [0.1, 0.15) is 22.9 Å². The van der Waals surface area contributed by atoms with Gasteiger partial charge in [0.2, 0.25) is 0 Å². The highest BCUT2D eigenvalue weighted by Gasteiger charge is 2.23. The van der Waals surface area contributed by atoms with Crippen LogP contribution in [0.4, 0.5) is 8.78 Å². The molecule has 0 spiro atoms. The zero-order valence-electron chi connectivity index (χ0n) is 36.0. The molecule has 2 aromatic carbocycles. The van der Waals surface area contributed by atoms with Crippen molar-refractivity contribution >= 4 is 0 Å². The van der Waals surface area contributed by atoms with Gasteiger partial charge in [-0.2, -0.15) is 0 Å². The van der Waals surface area contributed by atoms with Crippen LogP contribution in [0.25, 0.3) is 22.5 Å². The van der Waals surface area contributed by atoms with E-state index in [2.05, 4.69) is 55.0 Å². The number of benzene rings is 2. The van der Waals surface area contributed by atoms with Crippen LogP contribution in [0.2, 0.25) is 0 Å². The van der Waals surface area contributed by atoms with Gasteiger partial charge >= 0.3 is 0 Å². The summed E-state index contributed by atoms with van der Waals surface area (Å²) in [6.07, 6.45) is 31.6. The minimum Gasteiger partial charge on any atom is -0.506 e. The van der Waals surface area contributed by atoms with E-state index in [9.17, 15) is 13.9 Å². The highest BCUT2D eigenvalue weighted by molar-refractivity contribution is 5.61. The molecule has 0 radical (unpaired) electrons. The fourth-order valence-electron chi connectivity index (χ4n) is 9.19. The maximum Gasteiger partial charge on any atom is 0.153 e. The average Bonchev–Trinajstić information content (AvgIpc) is 3.25. The van der Waals surface area contributed by atoms with E-state index in [4.69, 9.17) is 4.74 Å². The molecule has 316 valence electrons. The van der Waals surface area contributed by atoms with Crippen molar-refractivity contribution in [2.24, 2.45) is 11.8 Å². The third-order valence-corrected chi connectivity index (χ3v) is 12.8. The van der Waals surface area contributed by atoms with Crippen LogP contribution in [-0.2, 0) is 0 Å². The molecular weight excluding hydrogens is 723 g/mol. The summed E-state index contributed by atoms with van der Waals surface area (Å²) >= 11 is 0. The molecule has 2 fully saturated rings. The van der Waals surface area contributed by atoms with Gasteiger partial charge in [-0.1, -0.05) is 153 Å². The number of halogens is 2. The highest BCUT2D eigenvalue weighted by atomic mass is 19.1. The Labute approximate surface area is 349 Å². The molecule has 0 bridgehead atoms. The third-order valence-electron chi connectivity index (χ3n) is 12.8. The van der Waals surface area contributed by atoms with Crippen LogP contribution < -0.4 is 4.74 Å². The van der Waals surface area contributed by atoms with Crippen molar-refractivity contribution in [2.75, 3.05) is 6.61 Å². The number of aromatic nitrogens is 2. The van der Waals surface area contributed by atoms with E-state index in [-0.39, 0.29) is 11.6 Å². The Bertz CT molecular complexity index is 1730. The standard InChI is InChI=1S/C30H44FNO.C22H28FNO/c1-3-5-7-8-9-11-21-33-28-22-29(31)30(32-23-28)27-19-17-26(18-20-27)25-15-13-24(14-16-25)12-10-6-4-2;1-2-3-4-5-16-6-8-17(9-7-16)18-10-12-19(13-11-18)22-21(23)14-20(25)15-24-22/h17-20,22-25H,3-16,21H2,1-2H3;10-17,25H,2-9H2,1H3. The molecule has 0 amide bonds. The van der Waals surface area contributed by atoms with Crippen LogP contribution in [0.15, 0.2) is 73.1 Å². The Hall–Kier alpha value is -3.80. The number of aromatic hydroxyl groups is 1. The molecular formula is C52H72F2N2O2. The number of ether oxygens (including phenoxy) is 1. The monoisotopic (exact) mass is 795 g/mol. The lowest BCUT2D eigenvalue weighted by molar-refractivity contribution is 0.301. The van der Waals surface area contributed by atoms with Crippen molar-refractivity contribution in [1.29, 1.82) is 0 Å². The van der Waals surface area contributed by atoms with Gasteiger partial charge in [0, 0.05) is 23.3 Å². The third kappa shape index (κ3) is 14.5. The second-order valence-electron chi connectivity index (χ2n) is 17.3. The van der Waals surface area contributed by atoms with Crippen molar-refractivity contribution in [2.45, 2.75) is 174 Å². The first-order chi connectivity index (χ1) is 28.4. The summed E-state index contributed by atoms with van der Waals surface area (Å²) in [4.78, 5) is 8.39. The van der Waals surface area contributed by atoms with Crippen LogP contribution in [0.3, 0.4) is 0 Å².